The molecule has 7 heteroatoms. The van der Waals surface area contributed by atoms with Gasteiger partial charge in [0.1, 0.15) is 11.5 Å². The van der Waals surface area contributed by atoms with Gasteiger partial charge in [-0.15, -0.1) is 0 Å². The van der Waals surface area contributed by atoms with Crippen molar-refractivity contribution in [3.8, 4) is 0 Å². The van der Waals surface area contributed by atoms with Gasteiger partial charge in [0.05, 0.1) is 13.2 Å². The number of ether oxygens (including phenoxy) is 1. The van der Waals surface area contributed by atoms with E-state index in [1.54, 1.807) is 7.11 Å². The molecule has 2 saturated heterocycles. The summed E-state index contributed by atoms with van der Waals surface area (Å²) >= 11 is 0. The van der Waals surface area contributed by atoms with Gasteiger partial charge in [0, 0.05) is 20.2 Å². The van der Waals surface area contributed by atoms with E-state index in [-0.39, 0.29) is 18.3 Å². The van der Waals surface area contributed by atoms with Crippen LogP contribution in [-0.4, -0.2) is 67.8 Å². The minimum atomic E-state index is -0.910. The van der Waals surface area contributed by atoms with E-state index in [0.717, 1.165) is 22.3 Å². The van der Waals surface area contributed by atoms with Crippen LogP contribution in [0.1, 0.15) is 41.0 Å². The molecule has 2 heterocycles. The summed E-state index contributed by atoms with van der Waals surface area (Å²) in [5.41, 5.74) is 6.13. The lowest BCUT2D eigenvalue weighted by atomic mass is 9.78. The van der Waals surface area contributed by atoms with Crippen molar-refractivity contribution in [3.05, 3.63) is 34.4 Å². The fraction of sp³-hybridized carbons (Fsp3) is 0.619. The number of hydrogen-bond donors (Lipinski definition) is 1. The average Bonchev–Trinajstić information content (AvgIpc) is 2.84. The summed E-state index contributed by atoms with van der Waals surface area (Å²) in [4.78, 5) is 33.0. The normalized spacial score (nSPS) is 22.5. The summed E-state index contributed by atoms with van der Waals surface area (Å²) in [6.45, 7) is 7.93. The van der Waals surface area contributed by atoms with Crippen LogP contribution in [0.25, 0.3) is 0 Å². The van der Waals surface area contributed by atoms with Gasteiger partial charge in [-0.25, -0.2) is 10.1 Å². The first-order chi connectivity index (χ1) is 13.4. The summed E-state index contributed by atoms with van der Waals surface area (Å²) in [5, 5.41) is 3.44. The second-order valence-electron chi connectivity index (χ2n) is 7.81. The number of rotatable bonds is 6. The highest BCUT2D eigenvalue weighted by atomic mass is 16.7. The Kier molecular flexibility index (Phi) is 6.19. The number of hydrogen-bond acceptors (Lipinski definition) is 6. The second-order valence-corrected chi connectivity index (χ2v) is 7.81. The summed E-state index contributed by atoms with van der Waals surface area (Å²) in [6, 6.07) is 4.07. The number of amides is 1. The lowest BCUT2D eigenvalue weighted by Crippen LogP contribution is -2.58. The fourth-order valence-corrected chi connectivity index (χ4v) is 4.66. The molecule has 2 fully saturated rings. The first-order valence-corrected chi connectivity index (χ1v) is 9.86. The van der Waals surface area contributed by atoms with Gasteiger partial charge in [-0.05, 0) is 57.4 Å². The van der Waals surface area contributed by atoms with Crippen molar-refractivity contribution in [1.82, 2.24) is 15.5 Å². The Balaban J connectivity index is 2.00. The van der Waals surface area contributed by atoms with E-state index in [1.165, 1.54) is 5.06 Å². The van der Waals surface area contributed by atoms with E-state index in [0.29, 0.717) is 32.5 Å². The zero-order chi connectivity index (χ0) is 20.5. The number of aryl methyl sites for hydroxylation is 3. The highest BCUT2D eigenvalue weighted by Gasteiger charge is 2.61. The van der Waals surface area contributed by atoms with Gasteiger partial charge in [0.2, 0.25) is 0 Å². The molecule has 0 bridgehead atoms. The SMILES string of the molecule is CNN1CCC2(CC1)C(=O)C(c1c(C)cc(C)cc1C)C(=O)N2OCCOC. The van der Waals surface area contributed by atoms with Crippen molar-refractivity contribution in [2.45, 2.75) is 45.1 Å². The molecule has 7 nitrogen and oxygen atoms in total. The Morgan fingerprint density at radius 2 is 1.71 bits per heavy atom. The molecule has 0 aliphatic carbocycles. The maximum Gasteiger partial charge on any atom is 0.262 e. The Morgan fingerprint density at radius 1 is 1.11 bits per heavy atom. The number of nitrogens with one attached hydrogen (secondary N) is 1. The van der Waals surface area contributed by atoms with E-state index < -0.39 is 11.5 Å². The molecule has 1 atom stereocenters. The van der Waals surface area contributed by atoms with Crippen LogP contribution in [0.2, 0.25) is 0 Å². The monoisotopic (exact) mass is 389 g/mol. The fourth-order valence-electron chi connectivity index (χ4n) is 4.66. The maximum absolute atomic E-state index is 13.7. The van der Waals surface area contributed by atoms with Crippen LogP contribution in [0.15, 0.2) is 12.1 Å². The molecule has 2 aliphatic heterocycles. The van der Waals surface area contributed by atoms with Crippen LogP contribution in [0.3, 0.4) is 0 Å². The summed E-state index contributed by atoms with van der Waals surface area (Å²) < 4.78 is 5.07. The molecule has 1 N–H and O–H groups in total. The van der Waals surface area contributed by atoms with Crippen LogP contribution in [-0.2, 0) is 19.2 Å². The minimum absolute atomic E-state index is 0.0410. The molecular formula is C21H31N3O4. The van der Waals surface area contributed by atoms with Crippen LogP contribution in [0, 0.1) is 20.8 Å². The first kappa shape index (κ1) is 20.9. The summed E-state index contributed by atoms with van der Waals surface area (Å²) in [7, 11) is 3.46. The van der Waals surface area contributed by atoms with Gasteiger partial charge in [-0.2, -0.15) is 0 Å². The molecule has 3 rings (SSSR count). The van der Waals surface area contributed by atoms with Crippen molar-refractivity contribution < 1.29 is 19.2 Å². The number of carbonyl (C=O) groups is 2. The Morgan fingerprint density at radius 3 is 2.25 bits per heavy atom. The van der Waals surface area contributed by atoms with Crippen molar-refractivity contribution in [2.24, 2.45) is 0 Å². The van der Waals surface area contributed by atoms with Crippen molar-refractivity contribution >= 4 is 11.7 Å². The van der Waals surface area contributed by atoms with E-state index in [4.69, 9.17) is 9.57 Å². The zero-order valence-electron chi connectivity index (χ0n) is 17.5. The molecule has 1 unspecified atom stereocenters. The predicted molar refractivity (Wildman–Crippen MR) is 106 cm³/mol. The van der Waals surface area contributed by atoms with Crippen LogP contribution in [0.5, 0.6) is 0 Å². The number of ketones is 1. The molecular weight excluding hydrogens is 358 g/mol. The number of piperidine rings is 1. The molecule has 28 heavy (non-hydrogen) atoms. The molecule has 2 aliphatic rings. The third-order valence-electron chi connectivity index (χ3n) is 6.00. The van der Waals surface area contributed by atoms with Gasteiger partial charge in [0.15, 0.2) is 5.78 Å². The third-order valence-corrected chi connectivity index (χ3v) is 6.00. The third kappa shape index (κ3) is 3.48. The van der Waals surface area contributed by atoms with Gasteiger partial charge in [0.25, 0.3) is 5.91 Å². The molecule has 0 aromatic heterocycles. The first-order valence-electron chi connectivity index (χ1n) is 9.86. The van der Waals surface area contributed by atoms with Crippen LogP contribution < -0.4 is 5.43 Å². The summed E-state index contributed by atoms with van der Waals surface area (Å²) in [5.74, 6) is -1.10. The van der Waals surface area contributed by atoms with Crippen LogP contribution in [0.4, 0.5) is 0 Å². The van der Waals surface area contributed by atoms with Gasteiger partial charge in [-0.1, -0.05) is 17.7 Å². The van der Waals surface area contributed by atoms with Crippen molar-refractivity contribution in [3.63, 3.8) is 0 Å². The average molecular weight is 389 g/mol. The predicted octanol–water partition coefficient (Wildman–Crippen LogP) is 1.65. The standard InChI is InChI=1S/C21H31N3O4/c1-14-12-15(2)17(16(3)13-14)18-19(25)21(6-8-23(22-4)9-7-21)24(20(18)26)28-11-10-27-5/h12-13,18,22H,6-11H2,1-5H3. The molecule has 0 radical (unpaired) electrons. The Labute approximate surface area is 166 Å². The zero-order valence-corrected chi connectivity index (χ0v) is 17.5. The highest BCUT2D eigenvalue weighted by molar-refractivity contribution is 6.17. The Bertz CT molecular complexity index is 733. The van der Waals surface area contributed by atoms with Gasteiger partial charge >= 0.3 is 0 Å². The van der Waals surface area contributed by atoms with E-state index >= 15 is 0 Å². The number of benzene rings is 1. The van der Waals surface area contributed by atoms with Gasteiger partial charge in [-0.3, -0.25) is 19.9 Å². The number of Topliss-reactive ketones (excluding diaryl/α,β-unsaturated/α-hetero) is 1. The lowest BCUT2D eigenvalue weighted by Gasteiger charge is -2.41. The van der Waals surface area contributed by atoms with E-state index in [1.807, 2.05) is 40.0 Å². The second kappa shape index (κ2) is 8.29. The maximum atomic E-state index is 13.7. The molecule has 0 saturated carbocycles. The van der Waals surface area contributed by atoms with E-state index in [2.05, 4.69) is 10.4 Å². The summed E-state index contributed by atoms with van der Waals surface area (Å²) in [6.07, 6.45) is 1.09. The van der Waals surface area contributed by atoms with Crippen molar-refractivity contribution in [2.75, 3.05) is 40.5 Å². The van der Waals surface area contributed by atoms with Crippen molar-refractivity contribution in [1.29, 1.82) is 0 Å². The number of nitrogens with zero attached hydrogens (tertiary/aromatic N) is 2. The van der Waals surface area contributed by atoms with Gasteiger partial charge < -0.3 is 4.74 Å². The highest BCUT2D eigenvalue weighted by Crippen LogP contribution is 2.44. The lowest BCUT2D eigenvalue weighted by molar-refractivity contribution is -0.219. The molecule has 154 valence electrons. The van der Waals surface area contributed by atoms with Crippen LogP contribution >= 0.6 is 0 Å². The topological polar surface area (TPSA) is 71.1 Å². The number of methoxy groups -OCH3 is 1. The number of hydroxylamine groups is 2. The quantitative estimate of drug-likeness (QED) is 0.589. The molecule has 1 spiro atoms. The Hall–Kier alpha value is -1.80. The molecule has 1 amide bonds. The smallest absolute Gasteiger partial charge is 0.262 e. The molecule has 1 aromatic carbocycles. The molecule has 1 aromatic rings. The minimum Gasteiger partial charge on any atom is -0.382 e. The number of hydrazine groups is 1. The van der Waals surface area contributed by atoms with E-state index in [9.17, 15) is 9.59 Å². The largest absolute Gasteiger partial charge is 0.382 e. The number of carbonyl (C=O) groups excluding carboxylic acids is 2.